The molecule has 0 radical (unpaired) electrons. The van der Waals surface area contributed by atoms with Crippen molar-refractivity contribution in [3.8, 4) is 0 Å². The average Bonchev–Trinajstić information content (AvgIpc) is 2.07. The molecule has 1 heterocycles. The third kappa shape index (κ3) is 1.69. The van der Waals surface area contributed by atoms with Crippen LogP contribution >= 0.6 is 23.2 Å². The van der Waals surface area contributed by atoms with Crippen LogP contribution in [-0.4, -0.2) is 6.54 Å². The van der Waals surface area contributed by atoms with Crippen molar-refractivity contribution >= 4 is 23.2 Å². The Hall–Kier alpha value is -0.240. The first-order valence-electron chi connectivity index (χ1n) is 4.39. The Bertz CT molecular complexity index is 336. The summed E-state index contributed by atoms with van der Waals surface area (Å²) >= 11 is 12.0. The highest BCUT2D eigenvalue weighted by Gasteiger charge is 2.18. The Morgan fingerprint density at radius 2 is 2.15 bits per heavy atom. The molecular formula is C10H11Cl2N. The Morgan fingerprint density at radius 1 is 1.38 bits per heavy atom. The molecule has 0 fully saturated rings. The van der Waals surface area contributed by atoms with E-state index in [1.54, 1.807) is 0 Å². The van der Waals surface area contributed by atoms with Gasteiger partial charge >= 0.3 is 0 Å². The first kappa shape index (κ1) is 9.32. The largest absolute Gasteiger partial charge is 0.310 e. The van der Waals surface area contributed by atoms with Crippen molar-refractivity contribution in [1.29, 1.82) is 0 Å². The second kappa shape index (κ2) is 3.49. The van der Waals surface area contributed by atoms with E-state index in [2.05, 4.69) is 12.2 Å². The molecule has 1 atom stereocenters. The van der Waals surface area contributed by atoms with Crippen molar-refractivity contribution in [2.75, 3.05) is 6.54 Å². The fourth-order valence-electron chi connectivity index (χ4n) is 1.80. The van der Waals surface area contributed by atoms with Crippen LogP contribution in [0, 0.1) is 0 Å². The summed E-state index contributed by atoms with van der Waals surface area (Å²) in [5.41, 5.74) is 2.49. The minimum atomic E-state index is 0.361. The Balaban J connectivity index is 2.56. The van der Waals surface area contributed by atoms with E-state index in [0.29, 0.717) is 6.04 Å². The fraction of sp³-hybridized carbons (Fsp3) is 0.400. The maximum atomic E-state index is 6.10. The zero-order chi connectivity index (χ0) is 9.42. The molecule has 0 aliphatic carbocycles. The molecule has 1 nitrogen and oxygen atoms in total. The molecule has 0 aromatic heterocycles. The van der Waals surface area contributed by atoms with Crippen molar-refractivity contribution in [3.05, 3.63) is 33.3 Å². The first-order valence-corrected chi connectivity index (χ1v) is 5.15. The van der Waals surface area contributed by atoms with Gasteiger partial charge in [0.2, 0.25) is 0 Å². The van der Waals surface area contributed by atoms with Crippen LogP contribution < -0.4 is 5.32 Å². The van der Waals surface area contributed by atoms with E-state index in [1.807, 2.05) is 12.1 Å². The van der Waals surface area contributed by atoms with Gasteiger partial charge in [0.15, 0.2) is 0 Å². The van der Waals surface area contributed by atoms with Gasteiger partial charge in [-0.1, -0.05) is 23.2 Å². The SMILES string of the molecule is CC1NCCc2c(Cl)cc(Cl)cc21. The van der Waals surface area contributed by atoms with Gasteiger partial charge in [0.1, 0.15) is 0 Å². The van der Waals surface area contributed by atoms with Crippen molar-refractivity contribution in [3.63, 3.8) is 0 Å². The zero-order valence-electron chi connectivity index (χ0n) is 7.40. The summed E-state index contributed by atoms with van der Waals surface area (Å²) in [6, 6.07) is 4.18. The van der Waals surface area contributed by atoms with Gasteiger partial charge in [-0.15, -0.1) is 0 Å². The number of benzene rings is 1. The van der Waals surface area contributed by atoms with Gasteiger partial charge in [-0.25, -0.2) is 0 Å². The van der Waals surface area contributed by atoms with Gasteiger partial charge in [-0.2, -0.15) is 0 Å². The van der Waals surface area contributed by atoms with Gasteiger partial charge < -0.3 is 5.32 Å². The molecule has 1 aliphatic rings. The predicted octanol–water partition coefficient (Wildman–Crippen LogP) is 3.20. The minimum absolute atomic E-state index is 0.361. The minimum Gasteiger partial charge on any atom is -0.310 e. The Labute approximate surface area is 88.0 Å². The Morgan fingerprint density at radius 3 is 2.92 bits per heavy atom. The van der Waals surface area contributed by atoms with Crippen LogP contribution in [0.25, 0.3) is 0 Å². The normalized spacial score (nSPS) is 21.3. The maximum Gasteiger partial charge on any atom is 0.0456 e. The van der Waals surface area contributed by atoms with Gasteiger partial charge in [0.05, 0.1) is 0 Å². The van der Waals surface area contributed by atoms with Gasteiger partial charge in [0, 0.05) is 16.1 Å². The highest BCUT2D eigenvalue weighted by Crippen LogP contribution is 2.31. The molecule has 0 amide bonds. The number of hydrogen-bond acceptors (Lipinski definition) is 1. The van der Waals surface area contributed by atoms with Gasteiger partial charge in [-0.05, 0) is 43.1 Å². The zero-order valence-corrected chi connectivity index (χ0v) is 8.91. The number of hydrogen-bond donors (Lipinski definition) is 1. The van der Waals surface area contributed by atoms with Crippen LogP contribution in [0.1, 0.15) is 24.1 Å². The standard InChI is InChI=1S/C10H11Cl2N/c1-6-9-4-7(11)5-10(12)8(9)2-3-13-6/h4-6,13H,2-3H2,1H3. The third-order valence-corrected chi connectivity index (χ3v) is 3.04. The predicted molar refractivity (Wildman–Crippen MR) is 56.6 cm³/mol. The van der Waals surface area contributed by atoms with Crippen LogP contribution in [0.15, 0.2) is 12.1 Å². The molecule has 0 spiro atoms. The van der Waals surface area contributed by atoms with Gasteiger partial charge in [0.25, 0.3) is 0 Å². The summed E-state index contributed by atoms with van der Waals surface area (Å²) in [4.78, 5) is 0. The molecule has 1 aromatic carbocycles. The van der Waals surface area contributed by atoms with Crippen molar-refractivity contribution in [2.45, 2.75) is 19.4 Å². The van der Waals surface area contributed by atoms with Crippen molar-refractivity contribution in [2.24, 2.45) is 0 Å². The molecule has 0 bridgehead atoms. The Kier molecular flexibility index (Phi) is 2.50. The molecule has 0 saturated carbocycles. The number of rotatable bonds is 0. The summed E-state index contributed by atoms with van der Waals surface area (Å²) in [5.74, 6) is 0. The average molecular weight is 216 g/mol. The third-order valence-electron chi connectivity index (χ3n) is 2.49. The van der Waals surface area contributed by atoms with E-state index in [1.165, 1.54) is 11.1 Å². The molecule has 1 aliphatic heterocycles. The summed E-state index contributed by atoms with van der Waals surface area (Å²) in [7, 11) is 0. The lowest BCUT2D eigenvalue weighted by Crippen LogP contribution is -2.27. The second-order valence-corrected chi connectivity index (χ2v) is 4.22. The lowest BCUT2D eigenvalue weighted by Gasteiger charge is -2.24. The molecular weight excluding hydrogens is 205 g/mol. The van der Waals surface area contributed by atoms with Gasteiger partial charge in [-0.3, -0.25) is 0 Å². The van der Waals surface area contributed by atoms with Crippen LogP contribution in [0.3, 0.4) is 0 Å². The smallest absolute Gasteiger partial charge is 0.0456 e. The molecule has 0 saturated heterocycles. The maximum absolute atomic E-state index is 6.10. The second-order valence-electron chi connectivity index (χ2n) is 3.38. The van der Waals surface area contributed by atoms with E-state index in [4.69, 9.17) is 23.2 Å². The quantitative estimate of drug-likeness (QED) is 0.702. The molecule has 13 heavy (non-hydrogen) atoms. The van der Waals surface area contributed by atoms with E-state index in [9.17, 15) is 0 Å². The van der Waals surface area contributed by atoms with E-state index in [-0.39, 0.29) is 0 Å². The van der Waals surface area contributed by atoms with Crippen molar-refractivity contribution < 1.29 is 0 Å². The summed E-state index contributed by atoms with van der Waals surface area (Å²) in [6.07, 6.45) is 0.996. The van der Waals surface area contributed by atoms with E-state index >= 15 is 0 Å². The molecule has 70 valence electrons. The van der Waals surface area contributed by atoms with Crippen LogP contribution in [0.5, 0.6) is 0 Å². The lowest BCUT2D eigenvalue weighted by molar-refractivity contribution is 0.541. The molecule has 1 aromatic rings. The molecule has 1 unspecified atom stereocenters. The van der Waals surface area contributed by atoms with Crippen LogP contribution in [0.4, 0.5) is 0 Å². The van der Waals surface area contributed by atoms with E-state index in [0.717, 1.165) is 23.0 Å². The lowest BCUT2D eigenvalue weighted by atomic mass is 9.95. The van der Waals surface area contributed by atoms with Crippen LogP contribution in [0.2, 0.25) is 10.0 Å². The first-order chi connectivity index (χ1) is 6.18. The summed E-state index contributed by atoms with van der Waals surface area (Å²) in [6.45, 7) is 3.13. The highest BCUT2D eigenvalue weighted by molar-refractivity contribution is 6.35. The number of halogens is 2. The highest BCUT2D eigenvalue weighted by atomic mass is 35.5. The molecule has 2 rings (SSSR count). The summed E-state index contributed by atoms with van der Waals surface area (Å²) < 4.78 is 0. The number of fused-ring (bicyclic) bond motifs is 1. The molecule has 3 heteroatoms. The van der Waals surface area contributed by atoms with Crippen LogP contribution in [-0.2, 0) is 6.42 Å². The summed E-state index contributed by atoms with van der Waals surface area (Å²) in [5, 5.41) is 4.90. The van der Waals surface area contributed by atoms with Crippen molar-refractivity contribution in [1.82, 2.24) is 5.32 Å². The molecule has 1 N–H and O–H groups in total. The topological polar surface area (TPSA) is 12.0 Å². The fourth-order valence-corrected chi connectivity index (χ4v) is 2.40. The van der Waals surface area contributed by atoms with E-state index < -0.39 is 0 Å². The number of nitrogens with one attached hydrogen (secondary N) is 1. The monoisotopic (exact) mass is 215 g/mol.